The van der Waals surface area contributed by atoms with E-state index < -0.39 is 16.8 Å². The van der Waals surface area contributed by atoms with Crippen LogP contribution >= 0.6 is 20.8 Å². The van der Waals surface area contributed by atoms with Gasteiger partial charge in [-0.15, -0.1) is 0 Å². The fraction of sp³-hybridized carbons (Fsp3) is 0.360. The predicted octanol–water partition coefficient (Wildman–Crippen LogP) is 4.08. The maximum atomic E-state index is 14.1. The van der Waals surface area contributed by atoms with Gasteiger partial charge < -0.3 is 11.1 Å². The summed E-state index contributed by atoms with van der Waals surface area (Å²) in [4.78, 5) is 38.3. The fourth-order valence-electron chi connectivity index (χ4n) is 5.14. The van der Waals surface area contributed by atoms with Gasteiger partial charge in [0.15, 0.2) is 5.82 Å². The monoisotopic (exact) mass is 574 g/mol. The van der Waals surface area contributed by atoms with Gasteiger partial charge in [0.1, 0.15) is 16.4 Å². The van der Waals surface area contributed by atoms with Crippen LogP contribution in [-0.4, -0.2) is 35.8 Å². The Bertz CT molecular complexity index is 1670. The minimum Gasteiger partial charge on any atom is -0.382 e. The van der Waals surface area contributed by atoms with Crippen LogP contribution in [0.2, 0.25) is 5.02 Å². The highest BCUT2D eigenvalue weighted by Gasteiger charge is 2.34. The van der Waals surface area contributed by atoms with Crippen LogP contribution in [0.1, 0.15) is 36.8 Å². The first-order valence-electron chi connectivity index (χ1n) is 12.3. The molecule has 0 aliphatic heterocycles. The van der Waals surface area contributed by atoms with Gasteiger partial charge in [0, 0.05) is 18.2 Å². The minimum absolute atomic E-state index is 0.0119. The zero-order chi connectivity index (χ0) is 27.9. The number of aryl methyl sites for hydroxylation is 2. The van der Waals surface area contributed by atoms with Crippen molar-refractivity contribution >= 4 is 43.2 Å². The van der Waals surface area contributed by atoms with E-state index in [2.05, 4.69) is 30.5 Å². The number of hydrogen-bond acceptors (Lipinski definition) is 8. The number of nitrogens with one attached hydrogen (secondary N) is 2. The van der Waals surface area contributed by atoms with Gasteiger partial charge in [-0.05, 0) is 49.8 Å². The molecular weight excluding hydrogens is 549 g/mol. The van der Waals surface area contributed by atoms with Crippen molar-refractivity contribution in [1.82, 2.24) is 29.7 Å². The molecule has 1 saturated carbocycles. The topological polar surface area (TPSA) is 144 Å². The normalized spacial score (nSPS) is 17.6. The van der Waals surface area contributed by atoms with E-state index in [1.807, 2.05) is 6.92 Å². The van der Waals surface area contributed by atoms with Crippen molar-refractivity contribution in [3.05, 3.63) is 67.7 Å². The van der Waals surface area contributed by atoms with Crippen LogP contribution in [0.5, 0.6) is 0 Å². The molecule has 1 unspecified atom stereocenters. The molecule has 39 heavy (non-hydrogen) atoms. The van der Waals surface area contributed by atoms with Gasteiger partial charge in [0.25, 0.3) is 16.8 Å². The standard InChI is InChI=1S/C25H26ClF2N8O2P/c1-12-7-15-18(8-14(12)22-30-9-16(26)21(29)34-22)31-11-36(24(15)38)6-5-13-3-2-4-17(13)33-19-10-32-35-23(37)20(19)25(27,28)39/h7-11,13,17H,2-6,39H2,1H3,(H2,29,30,34)(H2,33,35,37)/t13-,17+/m1/s1. The summed E-state index contributed by atoms with van der Waals surface area (Å²) in [7, 11) is 1.40. The summed E-state index contributed by atoms with van der Waals surface area (Å²) in [6.45, 7) is 2.26. The summed E-state index contributed by atoms with van der Waals surface area (Å²) in [5.41, 5.74) is 2.64. The Morgan fingerprint density at radius 1 is 1.26 bits per heavy atom. The van der Waals surface area contributed by atoms with Crippen molar-refractivity contribution < 1.29 is 8.78 Å². The first-order valence-corrected chi connectivity index (χ1v) is 13.3. The number of H-pyrrole nitrogens is 1. The highest BCUT2D eigenvalue weighted by Crippen LogP contribution is 2.38. The molecule has 3 aromatic heterocycles. The summed E-state index contributed by atoms with van der Waals surface area (Å²) in [5.74, 6) is 0.660. The van der Waals surface area contributed by atoms with Crippen molar-refractivity contribution in [1.29, 1.82) is 0 Å². The number of anilines is 2. The number of nitrogen functional groups attached to an aromatic ring is 1. The van der Waals surface area contributed by atoms with Gasteiger partial charge in [0.2, 0.25) is 0 Å². The van der Waals surface area contributed by atoms with Gasteiger partial charge in [-0.3, -0.25) is 14.2 Å². The molecule has 0 radical (unpaired) electrons. The highest BCUT2D eigenvalue weighted by atomic mass is 35.5. The summed E-state index contributed by atoms with van der Waals surface area (Å²) >= 11 is 5.94. The maximum absolute atomic E-state index is 14.1. The molecule has 5 rings (SSSR count). The van der Waals surface area contributed by atoms with Crippen LogP contribution in [0.15, 0.2) is 40.4 Å². The second-order valence-electron chi connectivity index (χ2n) is 9.70. The molecule has 3 atom stereocenters. The Balaban J connectivity index is 1.35. The molecule has 3 heterocycles. The number of rotatable bonds is 7. The van der Waals surface area contributed by atoms with E-state index in [-0.39, 0.29) is 34.0 Å². The van der Waals surface area contributed by atoms with Crippen molar-refractivity contribution in [3.8, 4) is 11.4 Å². The molecule has 1 fully saturated rings. The minimum atomic E-state index is -3.40. The molecule has 4 N–H and O–H groups in total. The van der Waals surface area contributed by atoms with E-state index in [4.69, 9.17) is 17.3 Å². The van der Waals surface area contributed by atoms with Gasteiger partial charge in [-0.1, -0.05) is 27.3 Å². The van der Waals surface area contributed by atoms with Gasteiger partial charge >= 0.3 is 0 Å². The van der Waals surface area contributed by atoms with E-state index in [1.54, 1.807) is 16.7 Å². The Hall–Kier alpha value is -3.50. The van der Waals surface area contributed by atoms with Crippen molar-refractivity contribution in [2.45, 2.75) is 50.9 Å². The zero-order valence-electron chi connectivity index (χ0n) is 20.9. The number of alkyl halides is 2. The van der Waals surface area contributed by atoms with E-state index in [0.717, 1.165) is 24.8 Å². The molecule has 1 aliphatic rings. The number of hydrogen-bond donors (Lipinski definition) is 3. The van der Waals surface area contributed by atoms with Crippen LogP contribution in [0, 0.1) is 12.8 Å². The van der Waals surface area contributed by atoms with Gasteiger partial charge in [-0.2, -0.15) is 13.9 Å². The van der Waals surface area contributed by atoms with Crippen molar-refractivity contribution in [3.63, 3.8) is 0 Å². The number of fused-ring (bicyclic) bond motifs is 1. The first-order chi connectivity index (χ1) is 18.5. The molecule has 0 spiro atoms. The lowest BCUT2D eigenvalue weighted by atomic mass is 9.99. The lowest BCUT2D eigenvalue weighted by Gasteiger charge is -2.24. The third-order valence-electron chi connectivity index (χ3n) is 7.11. The third kappa shape index (κ3) is 5.49. The average molecular weight is 575 g/mol. The Morgan fingerprint density at radius 2 is 2.05 bits per heavy atom. The summed E-state index contributed by atoms with van der Waals surface area (Å²) in [6, 6.07) is 3.38. The third-order valence-corrected chi connectivity index (χ3v) is 7.69. The number of aromatic amines is 1. The first kappa shape index (κ1) is 27.1. The fourth-order valence-corrected chi connectivity index (χ4v) is 5.52. The molecular formula is C25H26ClF2N8O2P. The molecule has 4 aromatic rings. The van der Waals surface area contributed by atoms with Crippen LogP contribution in [0.3, 0.4) is 0 Å². The van der Waals surface area contributed by atoms with E-state index in [9.17, 15) is 18.4 Å². The number of nitrogens with zero attached hydrogens (tertiary/aromatic N) is 5. The van der Waals surface area contributed by atoms with E-state index in [1.165, 1.54) is 28.0 Å². The molecule has 1 aromatic carbocycles. The van der Waals surface area contributed by atoms with Crippen LogP contribution in [0.25, 0.3) is 22.3 Å². The van der Waals surface area contributed by atoms with Crippen LogP contribution < -0.4 is 22.2 Å². The highest BCUT2D eigenvalue weighted by molar-refractivity contribution is 7.17. The summed E-state index contributed by atoms with van der Waals surface area (Å²) in [5, 5.41) is 9.59. The second kappa shape index (κ2) is 10.6. The molecule has 1 aliphatic carbocycles. The Labute approximate surface area is 228 Å². The smallest absolute Gasteiger partial charge is 0.291 e. The number of nitrogens with two attached hydrogens (primary N) is 1. The molecule has 0 amide bonds. The SMILES string of the molecule is Cc1cc2c(=O)n(CC[C@H]3CCC[C@@H]3Nc3cn[nH]c(=O)c3C(F)(F)P)cnc2cc1-c1ncc(Cl)c(N)n1. The average Bonchev–Trinajstić information content (AvgIpc) is 3.31. The summed E-state index contributed by atoms with van der Waals surface area (Å²) < 4.78 is 29.7. The van der Waals surface area contributed by atoms with Crippen molar-refractivity contribution in [2.24, 2.45) is 5.92 Å². The zero-order valence-corrected chi connectivity index (χ0v) is 22.8. The van der Waals surface area contributed by atoms with Crippen molar-refractivity contribution in [2.75, 3.05) is 11.1 Å². The molecule has 14 heteroatoms. The Kier molecular flexibility index (Phi) is 7.35. The lowest BCUT2D eigenvalue weighted by Crippen LogP contribution is -2.30. The van der Waals surface area contributed by atoms with Gasteiger partial charge in [-0.25, -0.2) is 20.1 Å². The second-order valence-corrected chi connectivity index (χ2v) is 10.8. The van der Waals surface area contributed by atoms with Gasteiger partial charge in [0.05, 0.1) is 35.3 Å². The quantitative estimate of drug-likeness (QED) is 0.280. The van der Waals surface area contributed by atoms with E-state index >= 15 is 0 Å². The number of halogens is 3. The van der Waals surface area contributed by atoms with Crippen LogP contribution in [-0.2, 0) is 12.2 Å². The molecule has 0 saturated heterocycles. The maximum Gasteiger partial charge on any atom is 0.291 e. The molecule has 204 valence electrons. The molecule has 10 nitrogen and oxygen atoms in total. The Morgan fingerprint density at radius 3 is 2.79 bits per heavy atom. The number of benzene rings is 1. The van der Waals surface area contributed by atoms with Crippen LogP contribution in [0.4, 0.5) is 20.3 Å². The molecule has 0 bridgehead atoms. The summed E-state index contributed by atoms with van der Waals surface area (Å²) in [6.07, 6.45) is 7.29. The lowest BCUT2D eigenvalue weighted by molar-refractivity contribution is 0.103. The largest absolute Gasteiger partial charge is 0.382 e. The number of aromatic nitrogens is 6. The van der Waals surface area contributed by atoms with E-state index in [0.29, 0.717) is 35.3 Å². The predicted molar refractivity (Wildman–Crippen MR) is 149 cm³/mol.